The number of amides is 2. The number of carbonyl (C=O) groups excluding carboxylic acids is 2. The summed E-state index contributed by atoms with van der Waals surface area (Å²) in [7, 11) is 0. The molecule has 35 heavy (non-hydrogen) atoms. The van der Waals surface area contributed by atoms with Gasteiger partial charge in [-0.15, -0.1) is 0 Å². The number of benzene rings is 2. The average molecular weight is 477 g/mol. The minimum Gasteiger partial charge on any atom is -0.273 e. The van der Waals surface area contributed by atoms with E-state index in [0.29, 0.717) is 12.8 Å². The van der Waals surface area contributed by atoms with Crippen molar-refractivity contribution in [3.63, 3.8) is 0 Å². The lowest BCUT2D eigenvalue weighted by Gasteiger charge is -2.07. The van der Waals surface area contributed by atoms with E-state index in [4.69, 9.17) is 0 Å². The molecule has 188 valence electrons. The van der Waals surface area contributed by atoms with Gasteiger partial charge in [-0.05, 0) is 76.6 Å². The number of nitrogens with zero attached hydrogens (tertiary/aromatic N) is 2. The summed E-state index contributed by atoms with van der Waals surface area (Å²) >= 11 is 0. The van der Waals surface area contributed by atoms with Crippen LogP contribution in [0.5, 0.6) is 0 Å². The summed E-state index contributed by atoms with van der Waals surface area (Å²) < 4.78 is 0. The van der Waals surface area contributed by atoms with Crippen molar-refractivity contribution in [3.05, 3.63) is 68.8 Å². The Morgan fingerprint density at radius 1 is 0.600 bits per heavy atom. The molecule has 0 bridgehead atoms. The zero-order chi connectivity index (χ0) is 25.8. The molecule has 6 heteroatoms. The van der Waals surface area contributed by atoms with Crippen molar-refractivity contribution >= 4 is 24.2 Å². The highest BCUT2D eigenvalue weighted by atomic mass is 16.2. The summed E-state index contributed by atoms with van der Waals surface area (Å²) in [6, 6.07) is 8.44. The lowest BCUT2D eigenvalue weighted by atomic mass is 10.0. The van der Waals surface area contributed by atoms with Crippen LogP contribution in [0.3, 0.4) is 0 Å². The quantitative estimate of drug-likeness (QED) is 0.228. The Hall–Kier alpha value is -3.28. The van der Waals surface area contributed by atoms with E-state index >= 15 is 0 Å². The lowest BCUT2D eigenvalue weighted by molar-refractivity contribution is -0.121. The Bertz CT molecular complexity index is 955. The van der Waals surface area contributed by atoms with Crippen LogP contribution in [-0.4, -0.2) is 24.2 Å². The molecule has 0 radical (unpaired) electrons. The number of hydrogen-bond donors (Lipinski definition) is 2. The Morgan fingerprint density at radius 3 is 1.26 bits per heavy atom. The van der Waals surface area contributed by atoms with Gasteiger partial charge in [-0.1, -0.05) is 54.7 Å². The second-order valence-electron chi connectivity index (χ2n) is 9.48. The van der Waals surface area contributed by atoms with Gasteiger partial charge in [0.2, 0.25) is 11.8 Å². The molecule has 0 saturated heterocycles. The molecule has 2 N–H and O–H groups in total. The summed E-state index contributed by atoms with van der Waals surface area (Å²) in [4.78, 5) is 24.0. The van der Waals surface area contributed by atoms with Gasteiger partial charge in [0.05, 0.1) is 12.4 Å². The molecule has 0 fully saturated rings. The maximum absolute atomic E-state index is 12.0. The summed E-state index contributed by atoms with van der Waals surface area (Å²) in [6.07, 6.45) is 8.90. The number of hydrazone groups is 2. The van der Waals surface area contributed by atoms with Gasteiger partial charge in [-0.3, -0.25) is 9.59 Å². The molecule has 2 aromatic carbocycles. The molecule has 0 spiro atoms. The van der Waals surface area contributed by atoms with Crippen LogP contribution in [0, 0.1) is 41.5 Å². The first kappa shape index (κ1) is 28.0. The van der Waals surface area contributed by atoms with Crippen molar-refractivity contribution in [2.24, 2.45) is 10.2 Å². The number of rotatable bonds is 12. The lowest BCUT2D eigenvalue weighted by Crippen LogP contribution is -2.17. The smallest absolute Gasteiger partial charge is 0.240 e. The zero-order valence-electron chi connectivity index (χ0n) is 22.1. The van der Waals surface area contributed by atoms with Crippen LogP contribution in [-0.2, 0) is 9.59 Å². The Labute approximate surface area is 210 Å². The maximum atomic E-state index is 12.0. The third-order valence-corrected chi connectivity index (χ3v) is 6.05. The van der Waals surface area contributed by atoms with Gasteiger partial charge in [0, 0.05) is 24.0 Å². The molecular formula is C29H40N4O2. The molecule has 0 unspecified atom stereocenters. The molecule has 0 aliphatic carbocycles. The highest BCUT2D eigenvalue weighted by Gasteiger charge is 2.04. The van der Waals surface area contributed by atoms with Gasteiger partial charge in [0.25, 0.3) is 0 Å². The van der Waals surface area contributed by atoms with Crippen molar-refractivity contribution < 1.29 is 9.59 Å². The molecule has 6 nitrogen and oxygen atoms in total. The number of aryl methyl sites for hydroxylation is 6. The van der Waals surface area contributed by atoms with Gasteiger partial charge < -0.3 is 0 Å². The molecule has 0 aliphatic heterocycles. The monoisotopic (exact) mass is 476 g/mol. The minimum atomic E-state index is -0.0695. The van der Waals surface area contributed by atoms with Gasteiger partial charge in [-0.25, -0.2) is 10.9 Å². The SMILES string of the molecule is Cc1cc(C)c(/C=N/NC(=O)CCCCCCCC(=O)N/N=C/c2c(C)cc(C)cc2C)c(C)c1. The molecule has 2 aromatic rings. The van der Waals surface area contributed by atoms with E-state index in [2.05, 4.69) is 59.2 Å². The normalized spacial score (nSPS) is 11.4. The van der Waals surface area contributed by atoms with E-state index in [1.54, 1.807) is 12.4 Å². The van der Waals surface area contributed by atoms with E-state index < -0.39 is 0 Å². The van der Waals surface area contributed by atoms with Gasteiger partial charge in [0.1, 0.15) is 0 Å². The largest absolute Gasteiger partial charge is 0.273 e. The fraction of sp³-hybridized carbons (Fsp3) is 0.448. The molecular weight excluding hydrogens is 436 g/mol. The van der Waals surface area contributed by atoms with Crippen LogP contribution in [0.4, 0.5) is 0 Å². The molecule has 0 heterocycles. The molecule has 0 atom stereocenters. The average Bonchev–Trinajstić information content (AvgIpc) is 2.76. The zero-order valence-corrected chi connectivity index (χ0v) is 22.1. The Morgan fingerprint density at radius 2 is 0.914 bits per heavy atom. The van der Waals surface area contributed by atoms with E-state index in [0.717, 1.165) is 65.5 Å². The van der Waals surface area contributed by atoms with Gasteiger partial charge in [0.15, 0.2) is 0 Å². The second kappa shape index (κ2) is 14.2. The summed E-state index contributed by atoms with van der Waals surface area (Å²) in [5, 5.41) is 8.23. The van der Waals surface area contributed by atoms with Crippen LogP contribution in [0.2, 0.25) is 0 Å². The summed E-state index contributed by atoms with van der Waals surface area (Å²) in [6.45, 7) is 12.3. The van der Waals surface area contributed by atoms with E-state index in [9.17, 15) is 9.59 Å². The molecule has 2 amide bonds. The van der Waals surface area contributed by atoms with Crippen LogP contribution in [0.1, 0.15) is 89.5 Å². The first-order chi connectivity index (χ1) is 16.7. The van der Waals surface area contributed by atoms with Crippen molar-refractivity contribution in [1.82, 2.24) is 10.9 Å². The third-order valence-electron chi connectivity index (χ3n) is 6.05. The fourth-order valence-electron chi connectivity index (χ4n) is 4.34. The minimum absolute atomic E-state index is 0.0695. The van der Waals surface area contributed by atoms with E-state index in [1.807, 2.05) is 27.7 Å². The molecule has 0 aromatic heterocycles. The Balaban J connectivity index is 1.56. The molecule has 0 aliphatic rings. The van der Waals surface area contributed by atoms with Crippen molar-refractivity contribution in [2.75, 3.05) is 0 Å². The Kier molecular flexibility index (Phi) is 11.3. The van der Waals surface area contributed by atoms with Crippen molar-refractivity contribution in [3.8, 4) is 0 Å². The third kappa shape index (κ3) is 9.85. The summed E-state index contributed by atoms with van der Waals surface area (Å²) in [5.74, 6) is -0.139. The highest BCUT2D eigenvalue weighted by molar-refractivity contribution is 5.86. The van der Waals surface area contributed by atoms with E-state index in [1.165, 1.54) is 11.1 Å². The number of unbranched alkanes of at least 4 members (excludes halogenated alkanes) is 4. The first-order valence-corrected chi connectivity index (χ1v) is 12.5. The van der Waals surface area contributed by atoms with Crippen molar-refractivity contribution in [1.29, 1.82) is 0 Å². The van der Waals surface area contributed by atoms with Crippen LogP contribution >= 0.6 is 0 Å². The number of carbonyl (C=O) groups is 2. The van der Waals surface area contributed by atoms with Crippen LogP contribution in [0.15, 0.2) is 34.5 Å². The number of nitrogens with one attached hydrogen (secondary N) is 2. The van der Waals surface area contributed by atoms with Gasteiger partial charge >= 0.3 is 0 Å². The number of hydrogen-bond acceptors (Lipinski definition) is 4. The topological polar surface area (TPSA) is 82.9 Å². The van der Waals surface area contributed by atoms with Gasteiger partial charge in [-0.2, -0.15) is 10.2 Å². The molecule has 0 saturated carbocycles. The van der Waals surface area contributed by atoms with Crippen LogP contribution in [0.25, 0.3) is 0 Å². The molecule has 2 rings (SSSR count). The second-order valence-corrected chi connectivity index (χ2v) is 9.48. The van der Waals surface area contributed by atoms with Crippen LogP contribution < -0.4 is 10.9 Å². The van der Waals surface area contributed by atoms with Crippen molar-refractivity contribution in [2.45, 2.75) is 86.5 Å². The summed E-state index contributed by atoms with van der Waals surface area (Å²) in [5.41, 5.74) is 14.4. The standard InChI is InChI=1S/C29H40N4O2/c1-20-14-22(3)26(23(4)15-20)18-30-32-28(34)12-10-8-7-9-11-13-29(35)33-31-19-27-24(5)16-21(2)17-25(27)6/h14-19H,7-13H2,1-6H3,(H,32,34)(H,33,35)/b30-18+,31-19+. The predicted octanol–water partition coefficient (Wildman–Crippen LogP) is 5.87. The van der Waals surface area contributed by atoms with E-state index in [-0.39, 0.29) is 11.8 Å². The predicted molar refractivity (Wildman–Crippen MR) is 145 cm³/mol. The highest BCUT2D eigenvalue weighted by Crippen LogP contribution is 2.15. The fourth-order valence-corrected chi connectivity index (χ4v) is 4.34. The first-order valence-electron chi connectivity index (χ1n) is 12.5. The maximum Gasteiger partial charge on any atom is 0.240 e.